The van der Waals surface area contributed by atoms with Crippen LogP contribution in [-0.2, 0) is 4.74 Å². The molecule has 3 rings (SSSR count). The molecule has 0 amide bonds. The molecule has 6 nitrogen and oxygen atoms in total. The van der Waals surface area contributed by atoms with Gasteiger partial charge in [0.1, 0.15) is 11.6 Å². The fourth-order valence-corrected chi connectivity index (χ4v) is 2.50. The highest BCUT2D eigenvalue weighted by Crippen LogP contribution is 2.27. The smallest absolute Gasteiger partial charge is 0.226 e. The maximum absolute atomic E-state index is 7.73. The van der Waals surface area contributed by atoms with Crippen molar-refractivity contribution in [1.29, 1.82) is 5.41 Å². The third kappa shape index (κ3) is 3.18. The summed E-state index contributed by atoms with van der Waals surface area (Å²) in [5.74, 6) is 1.19. The Morgan fingerprint density at radius 3 is 2.59 bits per heavy atom. The van der Waals surface area contributed by atoms with E-state index in [1.165, 1.54) is 6.21 Å². The van der Waals surface area contributed by atoms with Crippen LogP contribution in [0.1, 0.15) is 5.56 Å². The molecule has 22 heavy (non-hydrogen) atoms. The van der Waals surface area contributed by atoms with E-state index in [1.807, 2.05) is 30.3 Å². The molecular weight excluding hydrogens is 302 g/mol. The third-order valence-electron chi connectivity index (χ3n) is 3.39. The SMILES string of the molecule is N=Cc1c(Nc2ccccc2)nc(Cl)nc1N1CCOCC1. The van der Waals surface area contributed by atoms with E-state index in [0.29, 0.717) is 30.4 Å². The number of hydrogen-bond acceptors (Lipinski definition) is 6. The fraction of sp³-hybridized carbons (Fsp3) is 0.267. The Kier molecular flexibility index (Phi) is 4.50. The van der Waals surface area contributed by atoms with Gasteiger partial charge < -0.3 is 20.4 Å². The monoisotopic (exact) mass is 317 g/mol. The Bertz CT molecular complexity index is 658. The zero-order valence-electron chi connectivity index (χ0n) is 11.9. The van der Waals surface area contributed by atoms with Gasteiger partial charge in [-0.1, -0.05) is 18.2 Å². The van der Waals surface area contributed by atoms with Crippen LogP contribution in [0.5, 0.6) is 0 Å². The van der Waals surface area contributed by atoms with Gasteiger partial charge >= 0.3 is 0 Å². The first-order chi connectivity index (χ1) is 10.8. The molecule has 1 fully saturated rings. The number of benzene rings is 1. The summed E-state index contributed by atoms with van der Waals surface area (Å²) in [6, 6.07) is 9.65. The molecular formula is C15H16ClN5O. The number of nitrogens with zero attached hydrogens (tertiary/aromatic N) is 3. The van der Waals surface area contributed by atoms with Crippen molar-refractivity contribution >= 4 is 35.1 Å². The van der Waals surface area contributed by atoms with Gasteiger partial charge in [0.2, 0.25) is 5.28 Å². The standard InChI is InChI=1S/C15H16ClN5O/c16-15-19-13(18-11-4-2-1-3-5-11)12(10-17)14(20-15)21-6-8-22-9-7-21/h1-5,10,17H,6-9H2,(H,18,19,20). The molecule has 114 valence electrons. The minimum atomic E-state index is 0.158. The second-order valence-electron chi connectivity index (χ2n) is 4.81. The van der Waals surface area contributed by atoms with Crippen LogP contribution in [-0.4, -0.2) is 42.5 Å². The number of nitrogens with one attached hydrogen (secondary N) is 2. The van der Waals surface area contributed by atoms with Crippen LogP contribution in [0.4, 0.5) is 17.3 Å². The van der Waals surface area contributed by atoms with Crippen molar-refractivity contribution < 1.29 is 4.74 Å². The minimum Gasteiger partial charge on any atom is -0.378 e. The molecule has 0 bridgehead atoms. The minimum absolute atomic E-state index is 0.158. The van der Waals surface area contributed by atoms with Crippen molar-refractivity contribution in [2.75, 3.05) is 36.5 Å². The van der Waals surface area contributed by atoms with E-state index in [1.54, 1.807) is 0 Å². The van der Waals surface area contributed by atoms with E-state index in [0.717, 1.165) is 18.8 Å². The van der Waals surface area contributed by atoms with Gasteiger partial charge in [-0.15, -0.1) is 0 Å². The summed E-state index contributed by atoms with van der Waals surface area (Å²) in [5.41, 5.74) is 1.50. The summed E-state index contributed by atoms with van der Waals surface area (Å²) < 4.78 is 5.36. The van der Waals surface area contributed by atoms with Gasteiger partial charge in [-0.2, -0.15) is 9.97 Å². The number of morpholine rings is 1. The van der Waals surface area contributed by atoms with Crippen molar-refractivity contribution in [1.82, 2.24) is 9.97 Å². The molecule has 7 heteroatoms. The van der Waals surface area contributed by atoms with Gasteiger partial charge in [-0.25, -0.2) is 0 Å². The zero-order valence-corrected chi connectivity index (χ0v) is 12.7. The summed E-state index contributed by atoms with van der Waals surface area (Å²) in [7, 11) is 0. The van der Waals surface area contributed by atoms with Crippen LogP contribution in [0.2, 0.25) is 5.28 Å². The van der Waals surface area contributed by atoms with Crippen molar-refractivity contribution in [2.24, 2.45) is 0 Å². The number of hydrogen-bond donors (Lipinski definition) is 2. The van der Waals surface area contributed by atoms with E-state index >= 15 is 0 Å². The van der Waals surface area contributed by atoms with Gasteiger partial charge in [0.05, 0.1) is 18.8 Å². The van der Waals surface area contributed by atoms with E-state index in [4.69, 9.17) is 21.7 Å². The van der Waals surface area contributed by atoms with E-state index in [-0.39, 0.29) is 5.28 Å². The van der Waals surface area contributed by atoms with Crippen molar-refractivity contribution in [3.05, 3.63) is 41.2 Å². The Morgan fingerprint density at radius 2 is 1.91 bits per heavy atom. The Morgan fingerprint density at radius 1 is 1.18 bits per heavy atom. The highest BCUT2D eigenvalue weighted by Gasteiger charge is 2.20. The lowest BCUT2D eigenvalue weighted by molar-refractivity contribution is 0.122. The lowest BCUT2D eigenvalue weighted by Gasteiger charge is -2.29. The van der Waals surface area contributed by atoms with Crippen LogP contribution < -0.4 is 10.2 Å². The molecule has 2 aromatic rings. The number of ether oxygens (including phenoxy) is 1. The topological polar surface area (TPSA) is 74.1 Å². The molecule has 2 heterocycles. The predicted molar refractivity (Wildman–Crippen MR) is 87.7 cm³/mol. The first-order valence-corrected chi connectivity index (χ1v) is 7.38. The van der Waals surface area contributed by atoms with E-state index in [2.05, 4.69) is 20.2 Å². The normalized spacial score (nSPS) is 14.7. The Labute approximate surface area is 133 Å². The summed E-state index contributed by atoms with van der Waals surface area (Å²) >= 11 is 6.07. The first-order valence-electron chi connectivity index (χ1n) is 7.00. The zero-order chi connectivity index (χ0) is 15.4. The van der Waals surface area contributed by atoms with Crippen LogP contribution >= 0.6 is 11.6 Å². The maximum Gasteiger partial charge on any atom is 0.226 e. The number of rotatable bonds is 4. The van der Waals surface area contributed by atoms with Crippen LogP contribution in [0.15, 0.2) is 30.3 Å². The number of para-hydroxylation sites is 1. The fourth-order valence-electron chi connectivity index (χ4n) is 2.33. The van der Waals surface area contributed by atoms with Crippen molar-refractivity contribution in [3.63, 3.8) is 0 Å². The molecule has 2 N–H and O–H groups in total. The summed E-state index contributed by atoms with van der Waals surface area (Å²) in [5, 5.41) is 11.1. The lowest BCUT2D eigenvalue weighted by atomic mass is 10.2. The third-order valence-corrected chi connectivity index (χ3v) is 3.56. The molecule has 1 aliphatic rings. The average Bonchev–Trinajstić information content (AvgIpc) is 2.56. The Hall–Kier alpha value is -2.18. The Balaban J connectivity index is 1.98. The highest BCUT2D eigenvalue weighted by atomic mass is 35.5. The number of aromatic nitrogens is 2. The molecule has 0 unspecified atom stereocenters. The average molecular weight is 318 g/mol. The van der Waals surface area contributed by atoms with E-state index in [9.17, 15) is 0 Å². The maximum atomic E-state index is 7.73. The number of halogens is 1. The van der Waals surface area contributed by atoms with Crippen LogP contribution in [0, 0.1) is 5.41 Å². The molecule has 0 radical (unpaired) electrons. The van der Waals surface area contributed by atoms with Gasteiger partial charge in [0.25, 0.3) is 0 Å². The van der Waals surface area contributed by atoms with Crippen LogP contribution in [0.25, 0.3) is 0 Å². The molecule has 0 aliphatic carbocycles. The van der Waals surface area contributed by atoms with Crippen molar-refractivity contribution in [2.45, 2.75) is 0 Å². The summed E-state index contributed by atoms with van der Waals surface area (Å²) in [4.78, 5) is 10.6. The molecule has 1 aromatic carbocycles. The molecule has 0 atom stereocenters. The van der Waals surface area contributed by atoms with E-state index < -0.39 is 0 Å². The second kappa shape index (κ2) is 6.72. The predicted octanol–water partition coefficient (Wildman–Crippen LogP) is 2.71. The van der Waals surface area contributed by atoms with Gasteiger partial charge in [-0.3, -0.25) is 0 Å². The molecule has 1 saturated heterocycles. The molecule has 1 aromatic heterocycles. The van der Waals surface area contributed by atoms with Gasteiger partial charge in [0, 0.05) is 25.0 Å². The highest BCUT2D eigenvalue weighted by molar-refractivity contribution is 6.28. The molecule has 1 aliphatic heterocycles. The van der Waals surface area contributed by atoms with Crippen molar-refractivity contribution in [3.8, 4) is 0 Å². The molecule has 0 spiro atoms. The summed E-state index contributed by atoms with van der Waals surface area (Å²) in [6.07, 6.45) is 1.26. The largest absolute Gasteiger partial charge is 0.378 e. The first kappa shape index (κ1) is 14.7. The molecule has 0 saturated carbocycles. The lowest BCUT2D eigenvalue weighted by Crippen LogP contribution is -2.37. The number of anilines is 3. The second-order valence-corrected chi connectivity index (χ2v) is 5.15. The van der Waals surface area contributed by atoms with Gasteiger partial charge in [-0.05, 0) is 23.7 Å². The quantitative estimate of drug-likeness (QED) is 0.670. The summed E-state index contributed by atoms with van der Waals surface area (Å²) in [6.45, 7) is 2.72. The van der Waals surface area contributed by atoms with Gasteiger partial charge in [0.15, 0.2) is 0 Å². The van der Waals surface area contributed by atoms with Crippen LogP contribution in [0.3, 0.4) is 0 Å².